The van der Waals surface area contributed by atoms with Crippen molar-refractivity contribution < 1.29 is 22.4 Å². The van der Waals surface area contributed by atoms with E-state index in [1.807, 2.05) is 0 Å². The van der Waals surface area contributed by atoms with Crippen LogP contribution >= 0.6 is 11.8 Å². The van der Waals surface area contributed by atoms with E-state index in [0.717, 1.165) is 39.0 Å². The number of hydrogen-bond donors (Lipinski definition) is 2. The van der Waals surface area contributed by atoms with Crippen molar-refractivity contribution in [1.82, 2.24) is 30.5 Å². The Balaban J connectivity index is 1.36. The quantitative estimate of drug-likeness (QED) is 0.321. The molecule has 0 bridgehead atoms. The van der Waals surface area contributed by atoms with Crippen molar-refractivity contribution >= 4 is 28.6 Å². The van der Waals surface area contributed by atoms with Gasteiger partial charge in [0.25, 0.3) is 0 Å². The van der Waals surface area contributed by atoms with E-state index in [4.69, 9.17) is 0 Å². The Morgan fingerprint density at radius 2 is 2.00 bits per heavy atom. The number of H-pyrrole nitrogens is 1. The number of hydrogen-bond acceptors (Lipinski definition) is 5. The first-order chi connectivity index (χ1) is 15.3. The summed E-state index contributed by atoms with van der Waals surface area (Å²) in [4.78, 5) is 15.2. The van der Waals surface area contributed by atoms with Crippen molar-refractivity contribution in [1.29, 1.82) is 0 Å². The number of halogens is 4. The van der Waals surface area contributed by atoms with E-state index in [0.29, 0.717) is 13.0 Å². The molecule has 7 nitrogen and oxygen atoms in total. The topological polar surface area (TPSA) is 88.5 Å². The van der Waals surface area contributed by atoms with Gasteiger partial charge in [0.15, 0.2) is 0 Å². The SMILES string of the molecule is O=C(CSc1nnnn1-c1ccccc1C(F)(F)F)NCCc1c[nH]c2ccc(F)cc12. The van der Waals surface area contributed by atoms with Gasteiger partial charge in [-0.05, 0) is 52.7 Å². The van der Waals surface area contributed by atoms with E-state index >= 15 is 0 Å². The van der Waals surface area contributed by atoms with E-state index < -0.39 is 11.7 Å². The second-order valence-electron chi connectivity index (χ2n) is 6.78. The molecule has 2 aromatic carbocycles. The average Bonchev–Trinajstić information content (AvgIpc) is 3.38. The summed E-state index contributed by atoms with van der Waals surface area (Å²) in [6.45, 7) is 0.310. The summed E-state index contributed by atoms with van der Waals surface area (Å²) in [5.41, 5.74) is 0.558. The molecule has 0 fully saturated rings. The Bertz CT molecular complexity index is 1250. The Labute approximate surface area is 183 Å². The number of amides is 1. The number of nitrogens with zero attached hydrogens (tertiary/aromatic N) is 4. The molecule has 0 aliphatic carbocycles. The van der Waals surface area contributed by atoms with Crippen LogP contribution in [0.15, 0.2) is 53.8 Å². The highest BCUT2D eigenvalue weighted by Gasteiger charge is 2.34. The lowest BCUT2D eigenvalue weighted by Crippen LogP contribution is -2.27. The van der Waals surface area contributed by atoms with Crippen molar-refractivity contribution in [3.63, 3.8) is 0 Å². The maximum absolute atomic E-state index is 13.5. The molecule has 1 amide bonds. The van der Waals surface area contributed by atoms with Gasteiger partial charge in [-0.2, -0.15) is 17.9 Å². The van der Waals surface area contributed by atoms with Crippen LogP contribution in [0, 0.1) is 5.82 Å². The maximum atomic E-state index is 13.5. The Morgan fingerprint density at radius 1 is 1.19 bits per heavy atom. The molecule has 2 N–H and O–H groups in total. The summed E-state index contributed by atoms with van der Waals surface area (Å²) in [7, 11) is 0. The van der Waals surface area contributed by atoms with Gasteiger partial charge in [0.2, 0.25) is 11.1 Å². The highest BCUT2D eigenvalue weighted by atomic mass is 32.2. The van der Waals surface area contributed by atoms with Crippen LogP contribution in [-0.4, -0.2) is 43.4 Å². The van der Waals surface area contributed by atoms with Crippen LogP contribution in [0.5, 0.6) is 0 Å². The number of carbonyl (C=O) groups excluding carboxylic acids is 1. The van der Waals surface area contributed by atoms with Gasteiger partial charge in [0.05, 0.1) is 17.0 Å². The average molecular weight is 464 g/mol. The molecule has 4 rings (SSSR count). The smallest absolute Gasteiger partial charge is 0.361 e. The predicted molar refractivity (Wildman–Crippen MR) is 110 cm³/mol. The van der Waals surface area contributed by atoms with Crippen molar-refractivity contribution in [3.8, 4) is 5.69 Å². The zero-order chi connectivity index (χ0) is 22.7. The molecule has 32 heavy (non-hydrogen) atoms. The van der Waals surface area contributed by atoms with Crippen LogP contribution in [0.4, 0.5) is 17.6 Å². The zero-order valence-corrected chi connectivity index (χ0v) is 17.2. The van der Waals surface area contributed by atoms with Crippen LogP contribution in [0.25, 0.3) is 16.6 Å². The molecule has 0 saturated heterocycles. The van der Waals surface area contributed by atoms with Gasteiger partial charge in [-0.3, -0.25) is 4.79 Å². The Morgan fingerprint density at radius 3 is 2.81 bits per heavy atom. The Hall–Kier alpha value is -3.41. The fourth-order valence-corrected chi connectivity index (χ4v) is 3.91. The summed E-state index contributed by atoms with van der Waals surface area (Å²) in [5.74, 6) is -0.764. The fourth-order valence-electron chi connectivity index (χ4n) is 3.19. The van der Waals surface area contributed by atoms with Crippen LogP contribution < -0.4 is 5.32 Å². The number of fused-ring (bicyclic) bond motifs is 1. The molecule has 0 aliphatic rings. The third-order valence-corrected chi connectivity index (χ3v) is 5.58. The minimum atomic E-state index is -4.58. The van der Waals surface area contributed by atoms with E-state index in [1.165, 1.54) is 30.3 Å². The summed E-state index contributed by atoms with van der Waals surface area (Å²) >= 11 is 0.920. The molecule has 0 unspecified atom stereocenters. The standard InChI is InChI=1S/C20H16F4N6OS/c21-13-5-6-16-14(9-13)12(10-26-16)7-8-25-18(31)11-32-19-27-28-29-30(19)17-4-2-1-3-15(17)20(22,23)24/h1-6,9-10,26H,7-8,11H2,(H,25,31). The first kappa shape index (κ1) is 21.8. The van der Waals surface area contributed by atoms with Crippen molar-refractivity contribution in [2.75, 3.05) is 12.3 Å². The number of thioether (sulfide) groups is 1. The molecule has 0 spiro atoms. The molecule has 2 heterocycles. The molecule has 12 heteroatoms. The maximum Gasteiger partial charge on any atom is 0.418 e. The van der Waals surface area contributed by atoms with Gasteiger partial charge in [0.1, 0.15) is 5.82 Å². The number of aromatic nitrogens is 5. The van der Waals surface area contributed by atoms with E-state index in [-0.39, 0.29) is 28.3 Å². The number of nitrogens with one attached hydrogen (secondary N) is 2. The highest BCUT2D eigenvalue weighted by molar-refractivity contribution is 7.99. The van der Waals surface area contributed by atoms with Gasteiger partial charge < -0.3 is 10.3 Å². The number of aromatic amines is 1. The van der Waals surface area contributed by atoms with E-state index in [2.05, 4.69) is 25.8 Å². The molecule has 2 aromatic heterocycles. The summed E-state index contributed by atoms with van der Waals surface area (Å²) in [6, 6.07) is 9.36. The molecule has 0 aliphatic heterocycles. The van der Waals surface area contributed by atoms with Gasteiger partial charge in [0, 0.05) is 23.6 Å². The van der Waals surface area contributed by atoms with E-state index in [9.17, 15) is 22.4 Å². The molecule has 0 saturated carbocycles. The second-order valence-corrected chi connectivity index (χ2v) is 7.72. The van der Waals surface area contributed by atoms with Crippen LogP contribution in [0.3, 0.4) is 0 Å². The summed E-state index contributed by atoms with van der Waals surface area (Å²) < 4.78 is 54.3. The predicted octanol–water partition coefficient (Wildman–Crippen LogP) is 3.75. The highest BCUT2D eigenvalue weighted by Crippen LogP contribution is 2.34. The monoisotopic (exact) mass is 464 g/mol. The molecule has 0 radical (unpaired) electrons. The summed E-state index contributed by atoms with van der Waals surface area (Å²) in [6.07, 6.45) is -2.33. The second kappa shape index (κ2) is 8.99. The first-order valence-corrected chi connectivity index (χ1v) is 10.4. The number of alkyl halides is 3. The molecule has 4 aromatic rings. The van der Waals surface area contributed by atoms with Crippen LogP contribution in [-0.2, 0) is 17.4 Å². The molecule has 166 valence electrons. The number of carbonyl (C=O) groups is 1. The minimum Gasteiger partial charge on any atom is -0.361 e. The van der Waals surface area contributed by atoms with E-state index in [1.54, 1.807) is 12.3 Å². The lowest BCUT2D eigenvalue weighted by molar-refractivity contribution is -0.137. The number of rotatable bonds is 7. The van der Waals surface area contributed by atoms with Crippen molar-refractivity contribution in [2.24, 2.45) is 0 Å². The normalized spacial score (nSPS) is 11.8. The van der Waals surface area contributed by atoms with Crippen molar-refractivity contribution in [2.45, 2.75) is 17.8 Å². The molecular formula is C20H16F4N6OS. The fraction of sp³-hybridized carbons (Fsp3) is 0.200. The summed E-state index contributed by atoms with van der Waals surface area (Å²) in [5, 5.41) is 14.3. The lowest BCUT2D eigenvalue weighted by Gasteiger charge is -2.12. The number of para-hydroxylation sites is 1. The van der Waals surface area contributed by atoms with Crippen molar-refractivity contribution in [3.05, 3.63) is 65.6 Å². The lowest BCUT2D eigenvalue weighted by atomic mass is 10.1. The number of benzene rings is 2. The zero-order valence-electron chi connectivity index (χ0n) is 16.4. The third kappa shape index (κ3) is 4.74. The van der Waals surface area contributed by atoms with Gasteiger partial charge in [-0.25, -0.2) is 4.39 Å². The Kier molecular flexibility index (Phi) is 6.12. The van der Waals surface area contributed by atoms with Crippen LogP contribution in [0.1, 0.15) is 11.1 Å². The largest absolute Gasteiger partial charge is 0.418 e. The van der Waals surface area contributed by atoms with Gasteiger partial charge in [-0.1, -0.05) is 23.9 Å². The van der Waals surface area contributed by atoms with Crippen LogP contribution in [0.2, 0.25) is 0 Å². The minimum absolute atomic E-state index is 0.0592. The third-order valence-electron chi connectivity index (χ3n) is 4.66. The molecular weight excluding hydrogens is 448 g/mol. The first-order valence-electron chi connectivity index (χ1n) is 9.43. The van der Waals surface area contributed by atoms with Gasteiger partial charge in [-0.15, -0.1) is 5.10 Å². The molecule has 0 atom stereocenters. The van der Waals surface area contributed by atoms with Gasteiger partial charge >= 0.3 is 6.18 Å². The number of tetrazole rings is 1.